The third-order valence-electron chi connectivity index (χ3n) is 3.97. The Morgan fingerprint density at radius 1 is 0.583 bits per heavy atom. The SMILES string of the molecule is CCCCCC/C(C(=O)OCC)=C(/CCCCCC)C(=O)OCC. The highest BCUT2D eigenvalue weighted by atomic mass is 16.5. The van der Waals surface area contributed by atoms with E-state index in [2.05, 4.69) is 13.8 Å². The van der Waals surface area contributed by atoms with Gasteiger partial charge in [-0.25, -0.2) is 9.59 Å². The van der Waals surface area contributed by atoms with Crippen LogP contribution in [0.4, 0.5) is 0 Å². The molecule has 4 heteroatoms. The molecule has 0 aliphatic carbocycles. The first-order valence-electron chi connectivity index (χ1n) is 9.68. The molecule has 0 bridgehead atoms. The molecule has 0 heterocycles. The van der Waals surface area contributed by atoms with Gasteiger partial charge in [0.15, 0.2) is 0 Å². The number of hydrogen-bond acceptors (Lipinski definition) is 4. The molecule has 0 radical (unpaired) electrons. The van der Waals surface area contributed by atoms with Crippen LogP contribution in [0.25, 0.3) is 0 Å². The van der Waals surface area contributed by atoms with Crippen LogP contribution in [0.15, 0.2) is 11.1 Å². The molecular formula is C20H36O4. The van der Waals surface area contributed by atoms with E-state index in [-0.39, 0.29) is 11.9 Å². The van der Waals surface area contributed by atoms with Gasteiger partial charge in [-0.05, 0) is 39.5 Å². The number of ether oxygens (including phenoxy) is 2. The van der Waals surface area contributed by atoms with Crippen LogP contribution in [0.5, 0.6) is 0 Å². The van der Waals surface area contributed by atoms with Crippen LogP contribution in [-0.2, 0) is 19.1 Å². The Morgan fingerprint density at radius 2 is 0.958 bits per heavy atom. The highest BCUT2D eigenvalue weighted by Gasteiger charge is 2.22. The Kier molecular flexibility index (Phi) is 14.4. The van der Waals surface area contributed by atoms with Gasteiger partial charge in [-0.3, -0.25) is 0 Å². The number of unbranched alkanes of at least 4 members (excludes halogenated alkanes) is 6. The minimum absolute atomic E-state index is 0.323. The predicted molar refractivity (Wildman–Crippen MR) is 97.8 cm³/mol. The summed E-state index contributed by atoms with van der Waals surface area (Å²) in [6, 6.07) is 0. The van der Waals surface area contributed by atoms with Crippen molar-refractivity contribution in [3.05, 3.63) is 11.1 Å². The molecule has 0 fully saturated rings. The second kappa shape index (κ2) is 15.2. The van der Waals surface area contributed by atoms with Crippen LogP contribution in [0.3, 0.4) is 0 Å². The van der Waals surface area contributed by atoms with Gasteiger partial charge in [-0.15, -0.1) is 0 Å². The first-order valence-corrected chi connectivity index (χ1v) is 9.68. The first-order chi connectivity index (χ1) is 11.6. The van der Waals surface area contributed by atoms with Gasteiger partial charge in [0, 0.05) is 11.1 Å². The molecule has 0 spiro atoms. The van der Waals surface area contributed by atoms with E-state index in [1.165, 1.54) is 0 Å². The van der Waals surface area contributed by atoms with Crippen molar-refractivity contribution in [1.82, 2.24) is 0 Å². The van der Waals surface area contributed by atoms with Crippen molar-refractivity contribution in [1.29, 1.82) is 0 Å². The highest BCUT2D eigenvalue weighted by molar-refractivity contribution is 6.00. The number of esters is 2. The van der Waals surface area contributed by atoms with Crippen molar-refractivity contribution in [2.75, 3.05) is 13.2 Å². The molecule has 0 saturated heterocycles. The van der Waals surface area contributed by atoms with E-state index in [9.17, 15) is 9.59 Å². The lowest BCUT2D eigenvalue weighted by Gasteiger charge is -2.14. The lowest BCUT2D eigenvalue weighted by molar-refractivity contribution is -0.142. The minimum atomic E-state index is -0.354. The average molecular weight is 341 g/mol. The van der Waals surface area contributed by atoms with Crippen LogP contribution < -0.4 is 0 Å². The van der Waals surface area contributed by atoms with Gasteiger partial charge in [0.25, 0.3) is 0 Å². The second-order valence-electron chi connectivity index (χ2n) is 6.02. The fourth-order valence-electron chi connectivity index (χ4n) is 2.65. The first kappa shape index (κ1) is 22.7. The van der Waals surface area contributed by atoms with Crippen LogP contribution in [0.1, 0.15) is 91.9 Å². The molecule has 0 saturated carbocycles. The maximum Gasteiger partial charge on any atom is 0.334 e. The third-order valence-corrected chi connectivity index (χ3v) is 3.97. The lowest BCUT2D eigenvalue weighted by atomic mass is 9.96. The van der Waals surface area contributed by atoms with Crippen molar-refractivity contribution < 1.29 is 19.1 Å². The fraction of sp³-hybridized carbons (Fsp3) is 0.800. The van der Waals surface area contributed by atoms with Gasteiger partial charge >= 0.3 is 11.9 Å². The summed E-state index contributed by atoms with van der Waals surface area (Å²) in [5.74, 6) is -0.708. The quantitative estimate of drug-likeness (QED) is 0.243. The largest absolute Gasteiger partial charge is 0.463 e. The zero-order valence-corrected chi connectivity index (χ0v) is 16.1. The molecule has 0 unspecified atom stereocenters. The van der Waals surface area contributed by atoms with E-state index < -0.39 is 0 Å². The van der Waals surface area contributed by atoms with Gasteiger partial charge in [0.1, 0.15) is 0 Å². The average Bonchev–Trinajstić information content (AvgIpc) is 2.56. The van der Waals surface area contributed by atoms with Gasteiger partial charge < -0.3 is 9.47 Å². The zero-order chi connectivity index (χ0) is 18.2. The summed E-state index contributed by atoms with van der Waals surface area (Å²) in [5.41, 5.74) is 1.06. The normalized spacial score (nSPS) is 11.8. The van der Waals surface area contributed by atoms with Gasteiger partial charge in [-0.2, -0.15) is 0 Å². The van der Waals surface area contributed by atoms with Gasteiger partial charge in [-0.1, -0.05) is 52.4 Å². The van der Waals surface area contributed by atoms with Gasteiger partial charge in [0.05, 0.1) is 13.2 Å². The smallest absolute Gasteiger partial charge is 0.334 e. The van der Waals surface area contributed by atoms with Crippen molar-refractivity contribution in [3.8, 4) is 0 Å². The fourth-order valence-corrected chi connectivity index (χ4v) is 2.65. The Hall–Kier alpha value is -1.32. The third kappa shape index (κ3) is 9.74. The molecule has 0 N–H and O–H groups in total. The van der Waals surface area contributed by atoms with E-state index in [0.717, 1.165) is 51.4 Å². The zero-order valence-electron chi connectivity index (χ0n) is 16.1. The van der Waals surface area contributed by atoms with E-state index in [1.54, 1.807) is 13.8 Å². The topological polar surface area (TPSA) is 52.6 Å². The molecule has 0 aromatic rings. The number of carbonyl (C=O) groups excluding carboxylic acids is 2. The predicted octanol–water partition coefficient (Wildman–Crippen LogP) is 5.35. The lowest BCUT2D eigenvalue weighted by Crippen LogP contribution is -2.17. The van der Waals surface area contributed by atoms with Gasteiger partial charge in [0.2, 0.25) is 0 Å². The van der Waals surface area contributed by atoms with Crippen LogP contribution >= 0.6 is 0 Å². The molecule has 4 nitrogen and oxygen atoms in total. The van der Waals surface area contributed by atoms with E-state index in [4.69, 9.17) is 9.47 Å². The van der Waals surface area contributed by atoms with Crippen molar-refractivity contribution in [3.63, 3.8) is 0 Å². The van der Waals surface area contributed by atoms with Crippen LogP contribution in [0.2, 0.25) is 0 Å². The summed E-state index contributed by atoms with van der Waals surface area (Å²) in [6.07, 6.45) is 9.68. The highest BCUT2D eigenvalue weighted by Crippen LogP contribution is 2.22. The summed E-state index contributed by atoms with van der Waals surface area (Å²) in [7, 11) is 0. The van der Waals surface area contributed by atoms with Crippen molar-refractivity contribution in [2.24, 2.45) is 0 Å². The molecule has 0 amide bonds. The molecule has 0 atom stereocenters. The molecular weight excluding hydrogens is 304 g/mol. The molecule has 24 heavy (non-hydrogen) atoms. The van der Waals surface area contributed by atoms with E-state index in [1.807, 2.05) is 0 Å². The van der Waals surface area contributed by atoms with Crippen molar-refractivity contribution in [2.45, 2.75) is 91.9 Å². The molecule has 0 aromatic heterocycles. The Labute approximate surface area is 148 Å². The summed E-state index contributed by atoms with van der Waals surface area (Å²) >= 11 is 0. The van der Waals surface area contributed by atoms with Crippen LogP contribution in [-0.4, -0.2) is 25.2 Å². The Bertz CT molecular complexity index is 349. The summed E-state index contributed by atoms with van der Waals surface area (Å²) in [5, 5.41) is 0. The Balaban J connectivity index is 5.21. The minimum Gasteiger partial charge on any atom is -0.463 e. The standard InChI is InChI=1S/C20H36O4/c1-5-9-11-13-15-17(19(21)23-7-3)18(20(22)24-8-4)16-14-12-10-6-2/h5-16H2,1-4H3/b18-17+. The molecule has 0 aromatic carbocycles. The van der Waals surface area contributed by atoms with Crippen LogP contribution in [0, 0.1) is 0 Å². The molecule has 0 aliphatic rings. The van der Waals surface area contributed by atoms with E-state index >= 15 is 0 Å². The molecule has 0 rings (SSSR count). The maximum absolute atomic E-state index is 12.4. The Morgan fingerprint density at radius 3 is 1.25 bits per heavy atom. The number of hydrogen-bond donors (Lipinski definition) is 0. The molecule has 140 valence electrons. The summed E-state index contributed by atoms with van der Waals surface area (Å²) in [4.78, 5) is 24.7. The number of rotatable bonds is 14. The molecule has 0 aliphatic heterocycles. The van der Waals surface area contributed by atoms with E-state index in [0.29, 0.717) is 37.2 Å². The maximum atomic E-state index is 12.4. The summed E-state index contributed by atoms with van der Waals surface area (Å²) < 4.78 is 10.4. The second-order valence-corrected chi connectivity index (χ2v) is 6.02. The number of carbonyl (C=O) groups is 2. The monoisotopic (exact) mass is 340 g/mol. The van der Waals surface area contributed by atoms with Crippen molar-refractivity contribution >= 4 is 11.9 Å². The summed E-state index contributed by atoms with van der Waals surface area (Å²) in [6.45, 7) is 8.53.